The molecule has 2 aliphatic rings. The lowest BCUT2D eigenvalue weighted by Gasteiger charge is -2.25. The first kappa shape index (κ1) is 19.7. The lowest BCUT2D eigenvalue weighted by atomic mass is 10.1. The first-order valence-corrected chi connectivity index (χ1v) is 10.9. The van der Waals surface area contributed by atoms with Crippen molar-refractivity contribution in [3.8, 4) is 5.69 Å². The van der Waals surface area contributed by atoms with E-state index in [-0.39, 0.29) is 5.82 Å². The Balaban J connectivity index is 1.63. The minimum Gasteiger partial charge on any atom is -0.296 e. The lowest BCUT2D eigenvalue weighted by molar-refractivity contribution is 0.201. The van der Waals surface area contributed by atoms with Crippen LogP contribution in [0.3, 0.4) is 0 Å². The molecule has 4 rings (SSSR count). The van der Waals surface area contributed by atoms with Gasteiger partial charge < -0.3 is 0 Å². The van der Waals surface area contributed by atoms with E-state index >= 15 is 0 Å². The third-order valence-corrected chi connectivity index (χ3v) is 6.19. The first-order valence-electron chi connectivity index (χ1n) is 10.5. The molecule has 28 heavy (non-hydrogen) atoms. The molecule has 2 heterocycles. The van der Waals surface area contributed by atoms with E-state index in [1.807, 2.05) is 9.25 Å². The van der Waals surface area contributed by atoms with E-state index in [4.69, 9.17) is 17.3 Å². The SMILES string of the molecule is CCN(CC1CC1)Cn1nc(CN2CCCCC2)n(-c2ccc(F)cc2)c1=S. The van der Waals surface area contributed by atoms with Crippen LogP contribution < -0.4 is 0 Å². The van der Waals surface area contributed by atoms with Crippen LogP contribution in [0.4, 0.5) is 4.39 Å². The highest BCUT2D eigenvalue weighted by Crippen LogP contribution is 2.29. The summed E-state index contributed by atoms with van der Waals surface area (Å²) in [5.41, 5.74) is 0.884. The van der Waals surface area contributed by atoms with E-state index in [1.54, 1.807) is 12.1 Å². The quantitative estimate of drug-likeness (QED) is 0.617. The number of aromatic nitrogens is 3. The van der Waals surface area contributed by atoms with Crippen molar-refractivity contribution >= 4 is 12.2 Å². The molecular weight excluding hydrogens is 373 g/mol. The largest absolute Gasteiger partial charge is 0.296 e. The second-order valence-corrected chi connectivity index (χ2v) is 8.47. The van der Waals surface area contributed by atoms with Gasteiger partial charge in [-0.1, -0.05) is 13.3 Å². The van der Waals surface area contributed by atoms with Crippen molar-refractivity contribution in [3.05, 3.63) is 40.7 Å². The van der Waals surface area contributed by atoms with Crippen LogP contribution in [0.2, 0.25) is 0 Å². The average molecular weight is 404 g/mol. The maximum atomic E-state index is 13.5. The normalized spacial score (nSPS) is 18.1. The molecule has 0 bridgehead atoms. The molecule has 0 unspecified atom stereocenters. The van der Waals surface area contributed by atoms with Gasteiger partial charge in [-0.3, -0.25) is 14.4 Å². The molecule has 0 radical (unpaired) electrons. The minimum atomic E-state index is -0.234. The third kappa shape index (κ3) is 4.70. The molecule has 1 saturated heterocycles. The number of nitrogens with zero attached hydrogens (tertiary/aromatic N) is 5. The summed E-state index contributed by atoms with van der Waals surface area (Å²) < 4.78 is 18.1. The van der Waals surface area contributed by atoms with Crippen molar-refractivity contribution in [1.82, 2.24) is 24.1 Å². The topological polar surface area (TPSA) is 29.2 Å². The van der Waals surface area contributed by atoms with Gasteiger partial charge in [-0.25, -0.2) is 9.07 Å². The molecule has 1 aromatic heterocycles. The van der Waals surface area contributed by atoms with Crippen LogP contribution in [-0.4, -0.2) is 50.3 Å². The molecule has 2 aromatic rings. The van der Waals surface area contributed by atoms with Crippen LogP contribution in [0.1, 0.15) is 44.9 Å². The van der Waals surface area contributed by atoms with E-state index in [1.165, 1.54) is 44.2 Å². The molecule has 7 heteroatoms. The van der Waals surface area contributed by atoms with Crippen LogP contribution >= 0.6 is 12.2 Å². The summed E-state index contributed by atoms with van der Waals surface area (Å²) in [6, 6.07) is 6.56. The molecule has 1 aliphatic heterocycles. The van der Waals surface area contributed by atoms with Crippen molar-refractivity contribution in [2.75, 3.05) is 26.2 Å². The van der Waals surface area contributed by atoms with Gasteiger partial charge in [0.05, 0.1) is 13.2 Å². The summed E-state index contributed by atoms with van der Waals surface area (Å²) >= 11 is 5.82. The maximum absolute atomic E-state index is 13.5. The molecule has 0 spiro atoms. The number of rotatable bonds is 8. The van der Waals surface area contributed by atoms with Gasteiger partial charge in [0.1, 0.15) is 5.82 Å². The fourth-order valence-corrected chi connectivity index (χ4v) is 4.27. The average Bonchev–Trinajstić information content (AvgIpc) is 3.47. The standard InChI is InChI=1S/C21H30FN5S/c1-2-24(14-17-6-7-17)16-26-21(28)27(19-10-8-18(22)9-11-19)20(23-26)15-25-12-4-3-5-13-25/h8-11,17H,2-7,12-16H2,1H3. The monoisotopic (exact) mass is 403 g/mol. The van der Waals surface area contributed by atoms with Crippen molar-refractivity contribution < 1.29 is 4.39 Å². The number of hydrogen-bond donors (Lipinski definition) is 0. The Hall–Kier alpha value is -1.57. The van der Waals surface area contributed by atoms with E-state index in [9.17, 15) is 4.39 Å². The van der Waals surface area contributed by atoms with Crippen LogP contribution in [0.25, 0.3) is 5.69 Å². The number of benzene rings is 1. The van der Waals surface area contributed by atoms with Gasteiger partial charge in [0.25, 0.3) is 0 Å². The molecule has 1 saturated carbocycles. The fourth-order valence-electron chi connectivity index (χ4n) is 3.96. The molecule has 152 valence electrons. The summed E-state index contributed by atoms with van der Waals surface area (Å²) in [5, 5.41) is 4.92. The molecule has 0 N–H and O–H groups in total. The zero-order valence-corrected chi connectivity index (χ0v) is 17.5. The van der Waals surface area contributed by atoms with Crippen molar-refractivity contribution in [2.45, 2.75) is 52.2 Å². The predicted molar refractivity (Wildman–Crippen MR) is 111 cm³/mol. The summed E-state index contributed by atoms with van der Waals surface area (Å²) in [4.78, 5) is 4.87. The maximum Gasteiger partial charge on any atom is 0.203 e. The van der Waals surface area contributed by atoms with E-state index in [2.05, 4.69) is 16.7 Å². The zero-order valence-electron chi connectivity index (χ0n) is 16.7. The number of hydrogen-bond acceptors (Lipinski definition) is 4. The Bertz CT molecular complexity index is 833. The van der Waals surface area contributed by atoms with Crippen LogP contribution in [-0.2, 0) is 13.2 Å². The second-order valence-electron chi connectivity index (χ2n) is 8.10. The van der Waals surface area contributed by atoms with Gasteiger partial charge in [0.15, 0.2) is 5.82 Å². The molecule has 1 aliphatic carbocycles. The second kappa shape index (κ2) is 8.84. The molecule has 0 amide bonds. The van der Waals surface area contributed by atoms with E-state index in [0.717, 1.165) is 50.2 Å². The predicted octanol–water partition coefficient (Wildman–Crippen LogP) is 4.22. The van der Waals surface area contributed by atoms with Gasteiger partial charge in [0.2, 0.25) is 4.77 Å². The Morgan fingerprint density at radius 1 is 1.14 bits per heavy atom. The van der Waals surface area contributed by atoms with Crippen molar-refractivity contribution in [1.29, 1.82) is 0 Å². The first-order chi connectivity index (χ1) is 13.6. The highest BCUT2D eigenvalue weighted by molar-refractivity contribution is 7.71. The number of piperidine rings is 1. The Morgan fingerprint density at radius 2 is 1.86 bits per heavy atom. The molecule has 2 fully saturated rings. The minimum absolute atomic E-state index is 0.234. The lowest BCUT2D eigenvalue weighted by Crippen LogP contribution is -2.30. The Morgan fingerprint density at radius 3 is 2.50 bits per heavy atom. The van der Waals surface area contributed by atoms with E-state index < -0.39 is 0 Å². The van der Waals surface area contributed by atoms with Crippen LogP contribution in [0.5, 0.6) is 0 Å². The summed E-state index contributed by atoms with van der Waals surface area (Å²) in [6.07, 6.45) is 6.46. The van der Waals surface area contributed by atoms with Gasteiger partial charge in [-0.05, 0) is 87.7 Å². The van der Waals surface area contributed by atoms with Gasteiger partial charge >= 0.3 is 0 Å². The van der Waals surface area contributed by atoms with Crippen molar-refractivity contribution in [3.63, 3.8) is 0 Å². The molecule has 0 atom stereocenters. The fraction of sp³-hybridized carbons (Fsp3) is 0.619. The molecule has 1 aromatic carbocycles. The highest BCUT2D eigenvalue weighted by Gasteiger charge is 2.25. The van der Waals surface area contributed by atoms with Gasteiger partial charge in [0, 0.05) is 12.2 Å². The third-order valence-electron chi connectivity index (χ3n) is 5.80. The number of halogens is 1. The zero-order chi connectivity index (χ0) is 19.5. The summed E-state index contributed by atoms with van der Waals surface area (Å²) in [6.45, 7) is 8.00. The smallest absolute Gasteiger partial charge is 0.203 e. The highest BCUT2D eigenvalue weighted by atomic mass is 32.1. The summed E-state index contributed by atoms with van der Waals surface area (Å²) in [7, 11) is 0. The summed E-state index contributed by atoms with van der Waals surface area (Å²) in [5.74, 6) is 1.55. The number of likely N-dealkylation sites (tertiary alicyclic amines) is 1. The van der Waals surface area contributed by atoms with E-state index in [0.29, 0.717) is 11.4 Å². The molecule has 5 nitrogen and oxygen atoms in total. The Labute approximate surface area is 171 Å². The molecular formula is C21H30FN5S. The van der Waals surface area contributed by atoms with Crippen LogP contribution in [0, 0.1) is 16.5 Å². The van der Waals surface area contributed by atoms with Gasteiger partial charge in [-0.15, -0.1) is 0 Å². The van der Waals surface area contributed by atoms with Crippen molar-refractivity contribution in [2.24, 2.45) is 5.92 Å². The Kier molecular flexibility index (Phi) is 6.23. The van der Waals surface area contributed by atoms with Crippen LogP contribution in [0.15, 0.2) is 24.3 Å². The van der Waals surface area contributed by atoms with Gasteiger partial charge in [-0.2, -0.15) is 5.10 Å².